The van der Waals surface area contributed by atoms with Gasteiger partial charge in [0.15, 0.2) is 0 Å². The molecule has 0 fully saturated rings. The summed E-state index contributed by atoms with van der Waals surface area (Å²) in [4.78, 5) is 25.1. The summed E-state index contributed by atoms with van der Waals surface area (Å²) in [5.74, 6) is 0.492. The van der Waals surface area contributed by atoms with Crippen LogP contribution in [0.25, 0.3) is 0 Å². The monoisotopic (exact) mass is 304 g/mol. The van der Waals surface area contributed by atoms with Crippen molar-refractivity contribution in [2.45, 2.75) is 40.0 Å². The average Bonchev–Trinajstić information content (AvgIpc) is 2.49. The van der Waals surface area contributed by atoms with Gasteiger partial charge in [-0.15, -0.1) is 0 Å². The topological polar surface area (TPSA) is 49.4 Å². The minimum absolute atomic E-state index is 0.0167. The second-order valence-corrected chi connectivity index (χ2v) is 6.04. The molecular weight excluding hydrogens is 276 g/mol. The molecule has 2 amide bonds. The first-order valence-corrected chi connectivity index (χ1v) is 8.05. The summed E-state index contributed by atoms with van der Waals surface area (Å²) in [6.07, 6.45) is 2.24. The van der Waals surface area contributed by atoms with Gasteiger partial charge in [-0.3, -0.25) is 9.59 Å². The van der Waals surface area contributed by atoms with Crippen LogP contribution < -0.4 is 5.32 Å². The van der Waals surface area contributed by atoms with Crippen molar-refractivity contribution < 1.29 is 9.59 Å². The Morgan fingerprint density at radius 2 is 1.82 bits per heavy atom. The second kappa shape index (κ2) is 9.98. The van der Waals surface area contributed by atoms with E-state index in [1.165, 1.54) is 5.56 Å². The molecule has 0 unspecified atom stereocenters. The van der Waals surface area contributed by atoms with Gasteiger partial charge >= 0.3 is 0 Å². The molecule has 1 aromatic carbocycles. The van der Waals surface area contributed by atoms with Gasteiger partial charge in [0.25, 0.3) is 0 Å². The molecular formula is C18H28N2O2. The summed E-state index contributed by atoms with van der Waals surface area (Å²) in [6, 6.07) is 10.2. The predicted octanol–water partition coefficient (Wildman–Crippen LogP) is 2.63. The summed E-state index contributed by atoms with van der Waals surface area (Å²) in [5.41, 5.74) is 1.28. The van der Waals surface area contributed by atoms with Gasteiger partial charge in [-0.25, -0.2) is 0 Å². The SMILES string of the molecule is CC(=O)N(CCCc1ccccc1)CCC(=O)NCC(C)C. The normalized spacial score (nSPS) is 10.5. The molecule has 1 N–H and O–H groups in total. The first kappa shape index (κ1) is 18.2. The van der Waals surface area contributed by atoms with E-state index < -0.39 is 0 Å². The van der Waals surface area contributed by atoms with Crippen LogP contribution >= 0.6 is 0 Å². The summed E-state index contributed by atoms with van der Waals surface area (Å²) in [6.45, 7) is 7.56. The molecule has 0 spiro atoms. The number of benzene rings is 1. The van der Waals surface area contributed by atoms with Crippen molar-refractivity contribution in [2.75, 3.05) is 19.6 Å². The molecule has 1 rings (SSSR count). The summed E-state index contributed by atoms with van der Waals surface area (Å²) in [5, 5.41) is 2.88. The van der Waals surface area contributed by atoms with Crippen LogP contribution in [0.1, 0.15) is 39.2 Å². The largest absolute Gasteiger partial charge is 0.356 e. The molecule has 0 heterocycles. The van der Waals surface area contributed by atoms with Crippen molar-refractivity contribution in [3.63, 3.8) is 0 Å². The van der Waals surface area contributed by atoms with Crippen molar-refractivity contribution in [2.24, 2.45) is 5.92 Å². The Hall–Kier alpha value is -1.84. The third-order valence-corrected chi connectivity index (χ3v) is 3.50. The third-order valence-electron chi connectivity index (χ3n) is 3.50. The number of carbonyl (C=O) groups excluding carboxylic acids is 2. The number of amides is 2. The fourth-order valence-electron chi connectivity index (χ4n) is 2.19. The number of rotatable bonds is 9. The molecule has 0 atom stereocenters. The van der Waals surface area contributed by atoms with E-state index in [1.54, 1.807) is 11.8 Å². The first-order valence-electron chi connectivity index (χ1n) is 8.05. The van der Waals surface area contributed by atoms with Crippen LogP contribution in [-0.2, 0) is 16.0 Å². The number of hydrogen-bond donors (Lipinski definition) is 1. The highest BCUT2D eigenvalue weighted by Crippen LogP contribution is 2.04. The lowest BCUT2D eigenvalue weighted by Gasteiger charge is -2.21. The van der Waals surface area contributed by atoms with E-state index in [2.05, 4.69) is 31.3 Å². The van der Waals surface area contributed by atoms with Gasteiger partial charge in [0.05, 0.1) is 0 Å². The standard InChI is InChI=1S/C18H28N2O2/c1-15(2)14-19-18(22)11-13-20(16(3)21)12-7-10-17-8-5-4-6-9-17/h4-6,8-9,15H,7,10-14H2,1-3H3,(H,19,22). The van der Waals surface area contributed by atoms with Crippen molar-refractivity contribution in [3.05, 3.63) is 35.9 Å². The Morgan fingerprint density at radius 3 is 2.41 bits per heavy atom. The molecule has 0 aliphatic rings. The number of nitrogens with zero attached hydrogens (tertiary/aromatic N) is 1. The van der Waals surface area contributed by atoms with Crippen LogP contribution in [0.15, 0.2) is 30.3 Å². The Balaban J connectivity index is 2.30. The highest BCUT2D eigenvalue weighted by Gasteiger charge is 2.11. The number of carbonyl (C=O) groups is 2. The van der Waals surface area contributed by atoms with Crippen LogP contribution in [0.5, 0.6) is 0 Å². The van der Waals surface area contributed by atoms with Gasteiger partial charge in [-0.05, 0) is 24.3 Å². The van der Waals surface area contributed by atoms with E-state index in [9.17, 15) is 9.59 Å². The molecule has 0 aromatic heterocycles. The fourth-order valence-corrected chi connectivity index (χ4v) is 2.19. The fraction of sp³-hybridized carbons (Fsp3) is 0.556. The number of hydrogen-bond acceptors (Lipinski definition) is 2. The van der Waals surface area contributed by atoms with E-state index in [0.29, 0.717) is 32.0 Å². The van der Waals surface area contributed by atoms with Crippen LogP contribution in [0.4, 0.5) is 0 Å². The third kappa shape index (κ3) is 7.81. The second-order valence-electron chi connectivity index (χ2n) is 6.04. The highest BCUT2D eigenvalue weighted by atomic mass is 16.2. The van der Waals surface area contributed by atoms with E-state index >= 15 is 0 Å². The van der Waals surface area contributed by atoms with Gasteiger partial charge in [-0.2, -0.15) is 0 Å². The smallest absolute Gasteiger partial charge is 0.221 e. The molecule has 0 saturated heterocycles. The van der Waals surface area contributed by atoms with Crippen molar-refractivity contribution >= 4 is 11.8 Å². The summed E-state index contributed by atoms with van der Waals surface area (Å²) in [7, 11) is 0. The van der Waals surface area contributed by atoms with Gasteiger partial charge < -0.3 is 10.2 Å². The molecule has 0 bridgehead atoms. The Kier molecular flexibility index (Phi) is 8.26. The summed E-state index contributed by atoms with van der Waals surface area (Å²) < 4.78 is 0. The molecule has 22 heavy (non-hydrogen) atoms. The van der Waals surface area contributed by atoms with E-state index in [1.807, 2.05) is 18.2 Å². The average molecular weight is 304 g/mol. The molecule has 0 radical (unpaired) electrons. The Labute approximate surface area is 133 Å². The molecule has 4 heteroatoms. The lowest BCUT2D eigenvalue weighted by Crippen LogP contribution is -2.35. The minimum atomic E-state index is 0.0167. The number of aryl methyl sites for hydroxylation is 1. The van der Waals surface area contributed by atoms with Crippen LogP contribution in [0.2, 0.25) is 0 Å². The molecule has 1 aromatic rings. The maximum Gasteiger partial charge on any atom is 0.221 e. The Bertz CT molecular complexity index is 457. The van der Waals surface area contributed by atoms with Gasteiger partial charge in [0, 0.05) is 33.0 Å². The molecule has 4 nitrogen and oxygen atoms in total. The van der Waals surface area contributed by atoms with Crippen LogP contribution in [0.3, 0.4) is 0 Å². The van der Waals surface area contributed by atoms with Gasteiger partial charge in [0.1, 0.15) is 0 Å². The lowest BCUT2D eigenvalue weighted by atomic mass is 10.1. The molecule has 122 valence electrons. The van der Waals surface area contributed by atoms with Crippen LogP contribution in [0, 0.1) is 5.92 Å². The first-order chi connectivity index (χ1) is 10.5. The maximum atomic E-state index is 11.7. The van der Waals surface area contributed by atoms with Gasteiger partial charge in [0.2, 0.25) is 11.8 Å². The Morgan fingerprint density at radius 1 is 1.14 bits per heavy atom. The maximum absolute atomic E-state index is 11.7. The van der Waals surface area contributed by atoms with Gasteiger partial charge in [-0.1, -0.05) is 44.2 Å². The predicted molar refractivity (Wildman–Crippen MR) is 89.5 cm³/mol. The quantitative estimate of drug-likeness (QED) is 0.762. The molecule has 0 aliphatic carbocycles. The highest BCUT2D eigenvalue weighted by molar-refractivity contribution is 5.77. The van der Waals surface area contributed by atoms with E-state index in [4.69, 9.17) is 0 Å². The van der Waals surface area contributed by atoms with Crippen molar-refractivity contribution in [3.8, 4) is 0 Å². The molecule has 0 saturated carbocycles. The van der Waals surface area contributed by atoms with Crippen molar-refractivity contribution in [1.82, 2.24) is 10.2 Å². The number of nitrogens with one attached hydrogen (secondary N) is 1. The summed E-state index contributed by atoms with van der Waals surface area (Å²) >= 11 is 0. The van der Waals surface area contributed by atoms with E-state index in [-0.39, 0.29) is 11.8 Å². The zero-order chi connectivity index (χ0) is 16.4. The minimum Gasteiger partial charge on any atom is -0.356 e. The lowest BCUT2D eigenvalue weighted by molar-refractivity contribution is -0.129. The zero-order valence-corrected chi connectivity index (χ0v) is 14.0. The van der Waals surface area contributed by atoms with Crippen molar-refractivity contribution in [1.29, 1.82) is 0 Å². The van der Waals surface area contributed by atoms with Crippen LogP contribution in [-0.4, -0.2) is 36.3 Å². The van der Waals surface area contributed by atoms with E-state index in [0.717, 1.165) is 12.8 Å². The zero-order valence-electron chi connectivity index (χ0n) is 14.0. The molecule has 0 aliphatic heterocycles.